The first-order valence-corrected chi connectivity index (χ1v) is 7.00. The number of ether oxygens (including phenoxy) is 1. The molecule has 0 bridgehead atoms. The fraction of sp³-hybridized carbons (Fsp3) is 0.571. The van der Waals surface area contributed by atoms with E-state index in [1.807, 2.05) is 12.1 Å². The number of nitrogens with one attached hydrogen (secondary N) is 1. The highest BCUT2D eigenvalue weighted by atomic mass is 16.5. The number of carbonyl (C=O) groups excluding carboxylic acids is 1. The summed E-state index contributed by atoms with van der Waals surface area (Å²) < 4.78 is 5.20. The lowest BCUT2D eigenvalue weighted by molar-refractivity contribution is -0.120. The molecule has 1 aliphatic heterocycles. The molecular weight excluding hydrogens is 256 g/mol. The molecule has 1 saturated heterocycles. The molecule has 2 unspecified atom stereocenters. The molecule has 1 fully saturated rings. The number of nitrogens with zero attached hydrogens (tertiary/aromatic N) is 2. The quantitative estimate of drug-likeness (QED) is 0.834. The van der Waals surface area contributed by atoms with Gasteiger partial charge in [-0.1, -0.05) is 0 Å². The van der Waals surface area contributed by atoms with Crippen molar-refractivity contribution in [1.82, 2.24) is 4.98 Å². The Kier molecular flexibility index (Phi) is 4.92. The second-order valence-corrected chi connectivity index (χ2v) is 4.87. The van der Waals surface area contributed by atoms with Crippen LogP contribution in [-0.4, -0.2) is 43.2 Å². The maximum Gasteiger partial charge on any atom is 0.231 e. The smallest absolute Gasteiger partial charge is 0.231 e. The van der Waals surface area contributed by atoms with Crippen LogP contribution in [-0.2, 0) is 9.53 Å². The zero-order chi connectivity index (χ0) is 14.5. The summed E-state index contributed by atoms with van der Waals surface area (Å²) in [5.74, 6) is 0.527. The third-order valence-corrected chi connectivity index (χ3v) is 3.56. The molecule has 3 N–H and O–H groups in total. The van der Waals surface area contributed by atoms with Crippen LogP contribution in [0.3, 0.4) is 0 Å². The molecule has 1 aromatic rings. The Morgan fingerprint density at radius 1 is 1.45 bits per heavy atom. The van der Waals surface area contributed by atoms with Crippen molar-refractivity contribution in [3.8, 4) is 0 Å². The van der Waals surface area contributed by atoms with Crippen LogP contribution in [0, 0.1) is 5.92 Å². The van der Waals surface area contributed by atoms with Crippen molar-refractivity contribution >= 4 is 17.4 Å². The standard InChI is InChI=1S/C14H22N4O2/c1-3-18(4-2)13-6-5-10(7-16-13)17-14(19)11-8-20-9-12(11)15/h5-7,11-12H,3-4,8-9,15H2,1-2H3,(H,17,19). The molecular formula is C14H22N4O2. The highest BCUT2D eigenvalue weighted by Crippen LogP contribution is 2.17. The minimum Gasteiger partial charge on any atom is -0.379 e. The van der Waals surface area contributed by atoms with Gasteiger partial charge in [0.25, 0.3) is 0 Å². The maximum atomic E-state index is 12.0. The first-order valence-electron chi connectivity index (χ1n) is 7.00. The number of nitrogens with two attached hydrogens (primary N) is 1. The van der Waals surface area contributed by atoms with Crippen molar-refractivity contribution in [2.45, 2.75) is 19.9 Å². The largest absolute Gasteiger partial charge is 0.379 e. The van der Waals surface area contributed by atoms with Gasteiger partial charge in [0.15, 0.2) is 0 Å². The number of aromatic nitrogens is 1. The minimum absolute atomic E-state index is 0.104. The summed E-state index contributed by atoms with van der Waals surface area (Å²) in [6.45, 7) is 6.81. The number of hydrogen-bond acceptors (Lipinski definition) is 5. The zero-order valence-electron chi connectivity index (χ0n) is 12.0. The molecule has 0 radical (unpaired) electrons. The fourth-order valence-electron chi connectivity index (χ4n) is 2.27. The summed E-state index contributed by atoms with van der Waals surface area (Å²) in [5, 5.41) is 2.84. The van der Waals surface area contributed by atoms with E-state index in [1.54, 1.807) is 6.20 Å². The normalized spacial score (nSPS) is 21.8. The molecule has 1 amide bonds. The van der Waals surface area contributed by atoms with Crippen LogP contribution in [0.2, 0.25) is 0 Å². The molecule has 6 nitrogen and oxygen atoms in total. The van der Waals surface area contributed by atoms with E-state index in [9.17, 15) is 4.79 Å². The number of rotatable bonds is 5. The molecule has 2 heterocycles. The predicted molar refractivity (Wildman–Crippen MR) is 78.7 cm³/mol. The predicted octanol–water partition coefficient (Wildman–Crippen LogP) is 0.840. The summed E-state index contributed by atoms with van der Waals surface area (Å²) in [5.41, 5.74) is 6.51. The Morgan fingerprint density at radius 2 is 2.20 bits per heavy atom. The molecule has 2 rings (SSSR count). The van der Waals surface area contributed by atoms with Gasteiger partial charge in [-0.05, 0) is 26.0 Å². The Bertz CT molecular complexity index is 445. The van der Waals surface area contributed by atoms with Gasteiger partial charge in [0.2, 0.25) is 5.91 Å². The summed E-state index contributed by atoms with van der Waals surface area (Å²) in [6, 6.07) is 3.55. The molecule has 1 aromatic heterocycles. The second kappa shape index (κ2) is 6.67. The van der Waals surface area contributed by atoms with E-state index in [-0.39, 0.29) is 17.9 Å². The average molecular weight is 278 g/mol. The lowest BCUT2D eigenvalue weighted by atomic mass is 10.0. The van der Waals surface area contributed by atoms with Crippen LogP contribution >= 0.6 is 0 Å². The van der Waals surface area contributed by atoms with Crippen LogP contribution < -0.4 is 16.0 Å². The number of hydrogen-bond donors (Lipinski definition) is 2. The van der Waals surface area contributed by atoms with Gasteiger partial charge in [0.05, 0.1) is 31.0 Å². The monoisotopic (exact) mass is 278 g/mol. The molecule has 1 aliphatic rings. The molecule has 0 spiro atoms. The average Bonchev–Trinajstić information content (AvgIpc) is 2.88. The molecule has 0 aliphatic carbocycles. The van der Waals surface area contributed by atoms with E-state index in [0.29, 0.717) is 18.9 Å². The second-order valence-electron chi connectivity index (χ2n) is 4.87. The van der Waals surface area contributed by atoms with Crippen molar-refractivity contribution < 1.29 is 9.53 Å². The SMILES string of the molecule is CCN(CC)c1ccc(NC(=O)C2COCC2N)cn1. The lowest BCUT2D eigenvalue weighted by Gasteiger charge is -2.20. The van der Waals surface area contributed by atoms with E-state index in [2.05, 4.69) is 29.0 Å². The van der Waals surface area contributed by atoms with Crippen molar-refractivity contribution in [2.24, 2.45) is 11.7 Å². The molecule has 0 saturated carbocycles. The van der Waals surface area contributed by atoms with Gasteiger partial charge in [-0.15, -0.1) is 0 Å². The Labute approximate surface area is 119 Å². The number of anilines is 2. The molecule has 0 aromatic carbocycles. The molecule has 6 heteroatoms. The van der Waals surface area contributed by atoms with Gasteiger partial charge in [-0.3, -0.25) is 4.79 Å². The third kappa shape index (κ3) is 3.26. The minimum atomic E-state index is -0.280. The highest BCUT2D eigenvalue weighted by Gasteiger charge is 2.31. The van der Waals surface area contributed by atoms with Crippen LogP contribution in [0.5, 0.6) is 0 Å². The Hall–Kier alpha value is -1.66. The summed E-state index contributed by atoms with van der Waals surface area (Å²) in [4.78, 5) is 18.6. The molecule has 2 atom stereocenters. The Balaban J connectivity index is 1.98. The van der Waals surface area contributed by atoms with E-state index in [1.165, 1.54) is 0 Å². The number of pyridine rings is 1. The summed E-state index contributed by atoms with van der Waals surface area (Å²) >= 11 is 0. The first-order chi connectivity index (χ1) is 9.65. The van der Waals surface area contributed by atoms with Crippen LogP contribution in [0.15, 0.2) is 18.3 Å². The number of amides is 1. The third-order valence-electron chi connectivity index (χ3n) is 3.56. The highest BCUT2D eigenvalue weighted by molar-refractivity contribution is 5.93. The van der Waals surface area contributed by atoms with Crippen LogP contribution in [0.25, 0.3) is 0 Å². The van der Waals surface area contributed by atoms with Crippen molar-refractivity contribution in [1.29, 1.82) is 0 Å². The summed E-state index contributed by atoms with van der Waals surface area (Å²) in [7, 11) is 0. The van der Waals surface area contributed by atoms with Gasteiger partial charge in [-0.2, -0.15) is 0 Å². The molecule has 20 heavy (non-hydrogen) atoms. The van der Waals surface area contributed by atoms with Crippen molar-refractivity contribution in [2.75, 3.05) is 36.5 Å². The van der Waals surface area contributed by atoms with Crippen molar-refractivity contribution in [3.63, 3.8) is 0 Å². The van der Waals surface area contributed by atoms with Gasteiger partial charge in [0.1, 0.15) is 5.82 Å². The molecule has 110 valence electrons. The van der Waals surface area contributed by atoms with E-state index in [4.69, 9.17) is 10.5 Å². The topological polar surface area (TPSA) is 80.5 Å². The Morgan fingerprint density at radius 3 is 2.70 bits per heavy atom. The van der Waals surface area contributed by atoms with Gasteiger partial charge >= 0.3 is 0 Å². The summed E-state index contributed by atoms with van der Waals surface area (Å²) in [6.07, 6.45) is 1.67. The van der Waals surface area contributed by atoms with Crippen LogP contribution in [0.4, 0.5) is 11.5 Å². The van der Waals surface area contributed by atoms with E-state index < -0.39 is 0 Å². The van der Waals surface area contributed by atoms with Crippen LogP contribution in [0.1, 0.15) is 13.8 Å². The lowest BCUT2D eigenvalue weighted by Crippen LogP contribution is -2.37. The van der Waals surface area contributed by atoms with E-state index >= 15 is 0 Å². The van der Waals surface area contributed by atoms with Gasteiger partial charge in [0, 0.05) is 19.1 Å². The number of carbonyl (C=O) groups is 1. The maximum absolute atomic E-state index is 12.0. The first kappa shape index (κ1) is 14.7. The zero-order valence-corrected chi connectivity index (χ0v) is 12.0. The van der Waals surface area contributed by atoms with Crippen molar-refractivity contribution in [3.05, 3.63) is 18.3 Å². The van der Waals surface area contributed by atoms with Gasteiger partial charge < -0.3 is 20.7 Å². The van der Waals surface area contributed by atoms with E-state index in [0.717, 1.165) is 18.9 Å². The fourth-order valence-corrected chi connectivity index (χ4v) is 2.27. The van der Waals surface area contributed by atoms with Gasteiger partial charge in [-0.25, -0.2) is 4.98 Å².